The average molecular weight is 377 g/mol. The molecule has 7 heteroatoms. The summed E-state index contributed by atoms with van der Waals surface area (Å²) in [5.41, 5.74) is 2.56. The molecule has 3 N–H and O–H groups in total. The van der Waals surface area contributed by atoms with E-state index >= 15 is 0 Å². The van der Waals surface area contributed by atoms with Crippen LogP contribution in [0.25, 0.3) is 0 Å². The molecule has 1 aromatic heterocycles. The van der Waals surface area contributed by atoms with Crippen molar-refractivity contribution >= 4 is 29.2 Å². The summed E-state index contributed by atoms with van der Waals surface area (Å²) in [6, 6.07) is 17.2. The second kappa shape index (κ2) is 8.68. The molecule has 0 aliphatic heterocycles. The van der Waals surface area contributed by atoms with Crippen LogP contribution in [0.4, 0.5) is 11.4 Å². The summed E-state index contributed by atoms with van der Waals surface area (Å²) < 4.78 is 4.95. The van der Waals surface area contributed by atoms with E-state index in [-0.39, 0.29) is 11.6 Å². The first-order valence-corrected chi connectivity index (χ1v) is 8.60. The average Bonchev–Trinajstić information content (AvgIpc) is 3.21. The van der Waals surface area contributed by atoms with Crippen LogP contribution in [0.15, 0.2) is 66.9 Å². The third kappa shape index (κ3) is 4.85. The van der Waals surface area contributed by atoms with E-state index in [2.05, 4.69) is 15.6 Å². The molecule has 1 heterocycles. The van der Waals surface area contributed by atoms with Gasteiger partial charge in [-0.3, -0.25) is 9.59 Å². The highest BCUT2D eigenvalue weighted by molar-refractivity contribution is 6.10. The van der Waals surface area contributed by atoms with Crippen LogP contribution in [0.3, 0.4) is 0 Å². The molecular weight excluding hydrogens is 358 g/mol. The highest BCUT2D eigenvalue weighted by atomic mass is 16.5. The van der Waals surface area contributed by atoms with Crippen LogP contribution in [0.2, 0.25) is 0 Å². The third-order valence-electron chi connectivity index (χ3n) is 3.87. The van der Waals surface area contributed by atoms with Gasteiger partial charge in [-0.1, -0.05) is 24.3 Å². The van der Waals surface area contributed by atoms with Gasteiger partial charge in [0.05, 0.1) is 11.3 Å². The second-order valence-corrected chi connectivity index (χ2v) is 6.08. The van der Waals surface area contributed by atoms with Crippen LogP contribution in [0, 0.1) is 6.92 Å². The minimum atomic E-state index is -0.634. The van der Waals surface area contributed by atoms with E-state index in [4.69, 9.17) is 4.74 Å². The Balaban J connectivity index is 1.63. The molecule has 2 amide bonds. The van der Waals surface area contributed by atoms with Gasteiger partial charge in [0.1, 0.15) is 5.69 Å². The van der Waals surface area contributed by atoms with E-state index in [1.165, 1.54) is 0 Å². The van der Waals surface area contributed by atoms with Crippen molar-refractivity contribution in [1.29, 1.82) is 0 Å². The van der Waals surface area contributed by atoms with E-state index in [1.54, 1.807) is 48.7 Å². The standard InChI is InChI=1S/C21H19N3O4/c1-14-6-4-7-15(12-14)23-20(26)16-8-2-3-9-17(16)24-19(25)13-28-21(27)18-10-5-11-22-18/h2-12,22H,13H2,1H3,(H,23,26)(H,24,25). The fourth-order valence-corrected chi connectivity index (χ4v) is 2.56. The number of benzene rings is 2. The van der Waals surface area contributed by atoms with E-state index in [0.717, 1.165) is 5.56 Å². The highest BCUT2D eigenvalue weighted by Gasteiger charge is 2.15. The third-order valence-corrected chi connectivity index (χ3v) is 3.87. The Hall–Kier alpha value is -3.87. The zero-order valence-corrected chi connectivity index (χ0v) is 15.2. The van der Waals surface area contributed by atoms with Crippen molar-refractivity contribution in [1.82, 2.24) is 4.98 Å². The minimum Gasteiger partial charge on any atom is -0.451 e. The molecular formula is C21H19N3O4. The quantitative estimate of drug-likeness (QED) is 0.573. The number of carbonyl (C=O) groups excluding carboxylic acids is 3. The maximum absolute atomic E-state index is 12.6. The molecule has 0 radical (unpaired) electrons. The molecule has 142 valence electrons. The first kappa shape index (κ1) is 18.9. The minimum absolute atomic E-state index is 0.255. The van der Waals surface area contributed by atoms with E-state index in [0.29, 0.717) is 16.9 Å². The van der Waals surface area contributed by atoms with Crippen molar-refractivity contribution in [3.05, 3.63) is 83.7 Å². The van der Waals surface area contributed by atoms with E-state index in [9.17, 15) is 14.4 Å². The van der Waals surface area contributed by atoms with Gasteiger partial charge in [-0.05, 0) is 48.9 Å². The first-order valence-electron chi connectivity index (χ1n) is 8.60. The molecule has 0 saturated heterocycles. The van der Waals surface area contributed by atoms with Crippen molar-refractivity contribution in [2.45, 2.75) is 6.92 Å². The number of aryl methyl sites for hydroxylation is 1. The molecule has 28 heavy (non-hydrogen) atoms. The summed E-state index contributed by atoms with van der Waals surface area (Å²) in [6.45, 7) is 1.46. The monoisotopic (exact) mass is 377 g/mol. The summed E-state index contributed by atoms with van der Waals surface area (Å²) >= 11 is 0. The smallest absolute Gasteiger partial charge is 0.355 e. The first-order chi connectivity index (χ1) is 13.5. The normalized spacial score (nSPS) is 10.2. The Kier molecular flexibility index (Phi) is 5.86. The molecule has 2 aromatic carbocycles. The van der Waals surface area contributed by atoms with Gasteiger partial charge in [0.15, 0.2) is 6.61 Å². The lowest BCUT2D eigenvalue weighted by Gasteiger charge is -2.12. The predicted octanol–water partition coefficient (Wildman–Crippen LogP) is 3.37. The fraction of sp³-hybridized carbons (Fsp3) is 0.0952. The number of aromatic amines is 1. The summed E-state index contributed by atoms with van der Waals surface area (Å²) in [5.74, 6) is -1.54. The van der Waals surface area contributed by atoms with Crippen molar-refractivity contribution < 1.29 is 19.1 Å². The van der Waals surface area contributed by atoms with Gasteiger partial charge in [0.2, 0.25) is 0 Å². The van der Waals surface area contributed by atoms with Crippen molar-refractivity contribution in [3.63, 3.8) is 0 Å². The van der Waals surface area contributed by atoms with Crippen molar-refractivity contribution in [3.8, 4) is 0 Å². The van der Waals surface area contributed by atoms with Gasteiger partial charge in [0, 0.05) is 11.9 Å². The second-order valence-electron chi connectivity index (χ2n) is 6.08. The topological polar surface area (TPSA) is 100 Å². The van der Waals surface area contributed by atoms with Gasteiger partial charge in [-0.15, -0.1) is 0 Å². The highest BCUT2D eigenvalue weighted by Crippen LogP contribution is 2.18. The number of esters is 1. The van der Waals surface area contributed by atoms with Crippen LogP contribution < -0.4 is 10.6 Å². The number of H-pyrrole nitrogens is 1. The molecule has 3 aromatic rings. The van der Waals surface area contributed by atoms with Gasteiger partial charge in [0.25, 0.3) is 11.8 Å². The Labute approximate surface area is 161 Å². The van der Waals surface area contributed by atoms with Gasteiger partial charge in [-0.2, -0.15) is 0 Å². The van der Waals surface area contributed by atoms with Gasteiger partial charge >= 0.3 is 5.97 Å². The fourth-order valence-electron chi connectivity index (χ4n) is 2.56. The zero-order valence-electron chi connectivity index (χ0n) is 15.2. The lowest BCUT2D eigenvalue weighted by molar-refractivity contribution is -0.119. The molecule has 3 rings (SSSR count). The molecule has 0 atom stereocenters. The molecule has 0 aliphatic rings. The SMILES string of the molecule is Cc1cccc(NC(=O)c2ccccc2NC(=O)COC(=O)c2ccc[nH]2)c1. The molecule has 0 bridgehead atoms. The Morgan fingerprint density at radius 2 is 1.79 bits per heavy atom. The predicted molar refractivity (Wildman–Crippen MR) is 105 cm³/mol. The lowest BCUT2D eigenvalue weighted by Crippen LogP contribution is -2.23. The van der Waals surface area contributed by atoms with Gasteiger partial charge < -0.3 is 20.4 Å². The maximum atomic E-state index is 12.6. The number of aromatic nitrogens is 1. The number of carbonyl (C=O) groups is 3. The van der Waals surface area contributed by atoms with Crippen LogP contribution in [0.1, 0.15) is 26.4 Å². The zero-order chi connectivity index (χ0) is 19.9. The summed E-state index contributed by atoms with van der Waals surface area (Å²) in [4.78, 5) is 39.2. The summed E-state index contributed by atoms with van der Waals surface area (Å²) in [5, 5.41) is 5.40. The maximum Gasteiger partial charge on any atom is 0.355 e. The number of nitrogens with one attached hydrogen (secondary N) is 3. The molecule has 0 unspecified atom stereocenters. The van der Waals surface area contributed by atoms with Crippen LogP contribution in [-0.4, -0.2) is 29.4 Å². The number of amides is 2. The van der Waals surface area contributed by atoms with Gasteiger partial charge in [-0.25, -0.2) is 4.79 Å². The number of para-hydroxylation sites is 1. The molecule has 0 saturated carbocycles. The molecule has 0 fully saturated rings. The Bertz CT molecular complexity index is 996. The number of anilines is 2. The lowest BCUT2D eigenvalue weighted by atomic mass is 10.1. The van der Waals surface area contributed by atoms with E-state index < -0.39 is 18.5 Å². The Morgan fingerprint density at radius 1 is 0.964 bits per heavy atom. The number of rotatable bonds is 6. The molecule has 7 nitrogen and oxygen atoms in total. The van der Waals surface area contributed by atoms with Crippen molar-refractivity contribution in [2.75, 3.05) is 17.2 Å². The number of hydrogen-bond acceptors (Lipinski definition) is 4. The van der Waals surface area contributed by atoms with Crippen LogP contribution >= 0.6 is 0 Å². The van der Waals surface area contributed by atoms with Crippen LogP contribution in [-0.2, 0) is 9.53 Å². The Morgan fingerprint density at radius 3 is 2.54 bits per heavy atom. The van der Waals surface area contributed by atoms with Crippen molar-refractivity contribution in [2.24, 2.45) is 0 Å². The number of hydrogen-bond donors (Lipinski definition) is 3. The largest absolute Gasteiger partial charge is 0.451 e. The molecule has 0 aliphatic carbocycles. The summed E-state index contributed by atoms with van der Waals surface area (Å²) in [7, 11) is 0. The summed E-state index contributed by atoms with van der Waals surface area (Å²) in [6.07, 6.45) is 1.58. The van der Waals surface area contributed by atoms with Crippen LogP contribution in [0.5, 0.6) is 0 Å². The molecule has 0 spiro atoms. The van der Waals surface area contributed by atoms with E-state index in [1.807, 2.05) is 25.1 Å². The number of ether oxygens (including phenoxy) is 1.